The molecule has 1 heterocycles. The zero-order valence-electron chi connectivity index (χ0n) is 15.4. The second-order valence-electron chi connectivity index (χ2n) is 6.35. The van der Waals surface area contributed by atoms with Crippen LogP contribution < -0.4 is 5.43 Å². The van der Waals surface area contributed by atoms with E-state index in [4.69, 9.17) is 34.8 Å². The van der Waals surface area contributed by atoms with Crippen molar-refractivity contribution in [3.8, 4) is 22.4 Å². The molecule has 0 bridgehead atoms. The first kappa shape index (κ1) is 21.4. The van der Waals surface area contributed by atoms with Crippen LogP contribution in [-0.2, 0) is 6.54 Å². The number of carboxylic acids is 1. The maximum Gasteiger partial charge on any atom is 0.341 e. The number of halogens is 4. The highest BCUT2D eigenvalue weighted by Crippen LogP contribution is 2.33. The molecular weight excluding hydrogens is 440 g/mol. The molecule has 3 rings (SSSR count). The van der Waals surface area contributed by atoms with Gasteiger partial charge in [0, 0.05) is 28.4 Å². The van der Waals surface area contributed by atoms with E-state index >= 15 is 0 Å². The van der Waals surface area contributed by atoms with Crippen molar-refractivity contribution in [3.05, 3.63) is 78.8 Å². The Labute approximate surface area is 181 Å². The van der Waals surface area contributed by atoms with Crippen molar-refractivity contribution in [2.75, 3.05) is 0 Å². The zero-order valence-corrected chi connectivity index (χ0v) is 17.7. The van der Waals surface area contributed by atoms with E-state index in [2.05, 4.69) is 0 Å². The number of hydrogen-bond acceptors (Lipinski definition) is 2. The Morgan fingerprint density at radius 1 is 1.07 bits per heavy atom. The standard InChI is InChI=1S/C21H15Cl3FNO3/c1-3-26-10(2)17(12-6-13(22)9-14(25)7-12)20(27)18(21(28)29)19(26)11-4-5-15(23)16(24)8-11/h4-9H,3H2,1-2H3,(H,28,29). The summed E-state index contributed by atoms with van der Waals surface area (Å²) in [6, 6.07) is 8.33. The van der Waals surface area contributed by atoms with Crippen LogP contribution in [0, 0.1) is 12.7 Å². The molecule has 29 heavy (non-hydrogen) atoms. The molecule has 0 unspecified atom stereocenters. The molecule has 0 aliphatic carbocycles. The second-order valence-corrected chi connectivity index (χ2v) is 7.60. The van der Waals surface area contributed by atoms with Gasteiger partial charge in [-0.3, -0.25) is 4.79 Å². The summed E-state index contributed by atoms with van der Waals surface area (Å²) in [5.41, 5.74) is 0.228. The Balaban J connectivity index is 2.47. The van der Waals surface area contributed by atoms with Gasteiger partial charge in [0.2, 0.25) is 5.43 Å². The van der Waals surface area contributed by atoms with Gasteiger partial charge >= 0.3 is 5.97 Å². The maximum absolute atomic E-state index is 13.9. The van der Waals surface area contributed by atoms with Crippen LogP contribution in [0.2, 0.25) is 15.1 Å². The molecule has 0 fully saturated rings. The lowest BCUT2D eigenvalue weighted by molar-refractivity contribution is 0.0695. The quantitative estimate of drug-likeness (QED) is 0.502. The molecule has 3 aromatic rings. The third kappa shape index (κ3) is 3.90. The van der Waals surface area contributed by atoms with Gasteiger partial charge in [0.05, 0.1) is 15.7 Å². The van der Waals surface area contributed by atoms with Crippen LogP contribution in [0.3, 0.4) is 0 Å². The lowest BCUT2D eigenvalue weighted by Crippen LogP contribution is -2.25. The summed E-state index contributed by atoms with van der Waals surface area (Å²) < 4.78 is 15.6. The Morgan fingerprint density at radius 3 is 2.31 bits per heavy atom. The first-order valence-corrected chi connectivity index (χ1v) is 9.71. The normalized spacial score (nSPS) is 11.0. The van der Waals surface area contributed by atoms with E-state index < -0.39 is 22.8 Å². The third-order valence-electron chi connectivity index (χ3n) is 4.60. The van der Waals surface area contributed by atoms with Crippen LogP contribution in [0.25, 0.3) is 22.4 Å². The average Bonchev–Trinajstić information content (AvgIpc) is 2.62. The highest BCUT2D eigenvalue weighted by atomic mass is 35.5. The van der Waals surface area contributed by atoms with Crippen molar-refractivity contribution in [3.63, 3.8) is 0 Å². The smallest absolute Gasteiger partial charge is 0.341 e. The number of aromatic nitrogens is 1. The number of pyridine rings is 1. The second kappa shape index (κ2) is 8.19. The molecule has 8 heteroatoms. The van der Waals surface area contributed by atoms with Gasteiger partial charge in [0.15, 0.2) is 0 Å². The molecule has 4 nitrogen and oxygen atoms in total. The summed E-state index contributed by atoms with van der Waals surface area (Å²) in [5.74, 6) is -2.03. The van der Waals surface area contributed by atoms with Crippen molar-refractivity contribution in [2.24, 2.45) is 0 Å². The minimum absolute atomic E-state index is 0.0782. The van der Waals surface area contributed by atoms with Crippen LogP contribution in [0.4, 0.5) is 4.39 Å². The number of aromatic carboxylic acids is 1. The lowest BCUT2D eigenvalue weighted by atomic mass is 9.96. The summed E-state index contributed by atoms with van der Waals surface area (Å²) in [6.07, 6.45) is 0. The van der Waals surface area contributed by atoms with Crippen LogP contribution in [0.5, 0.6) is 0 Å². The van der Waals surface area contributed by atoms with Gasteiger partial charge in [-0.25, -0.2) is 9.18 Å². The zero-order chi connectivity index (χ0) is 21.5. The van der Waals surface area contributed by atoms with E-state index in [1.54, 1.807) is 17.6 Å². The summed E-state index contributed by atoms with van der Waals surface area (Å²) in [6.45, 7) is 3.84. The highest BCUT2D eigenvalue weighted by molar-refractivity contribution is 6.42. The van der Waals surface area contributed by atoms with E-state index in [1.807, 2.05) is 6.92 Å². The fraction of sp³-hybridized carbons (Fsp3) is 0.143. The van der Waals surface area contributed by atoms with E-state index in [0.29, 0.717) is 22.8 Å². The molecule has 2 aromatic carbocycles. The maximum atomic E-state index is 13.9. The topological polar surface area (TPSA) is 59.3 Å². The van der Waals surface area contributed by atoms with E-state index in [-0.39, 0.29) is 26.9 Å². The molecule has 0 aliphatic rings. The SMILES string of the molecule is CCn1c(C)c(-c2cc(F)cc(Cl)c2)c(=O)c(C(=O)O)c1-c1ccc(Cl)c(Cl)c1. The van der Waals surface area contributed by atoms with Crippen molar-refractivity contribution < 1.29 is 14.3 Å². The summed E-state index contributed by atoms with van der Waals surface area (Å²) in [4.78, 5) is 25.3. The van der Waals surface area contributed by atoms with Crippen molar-refractivity contribution >= 4 is 40.8 Å². The number of carbonyl (C=O) groups is 1. The first-order chi connectivity index (χ1) is 13.6. The minimum atomic E-state index is -1.40. The van der Waals surface area contributed by atoms with Gasteiger partial charge in [-0.2, -0.15) is 0 Å². The van der Waals surface area contributed by atoms with Crippen molar-refractivity contribution in [2.45, 2.75) is 20.4 Å². The molecule has 0 aliphatic heterocycles. The highest BCUT2D eigenvalue weighted by Gasteiger charge is 2.26. The third-order valence-corrected chi connectivity index (χ3v) is 5.56. The largest absolute Gasteiger partial charge is 0.477 e. The molecule has 150 valence electrons. The Hall–Kier alpha value is -2.34. The molecular formula is C21H15Cl3FNO3. The van der Waals surface area contributed by atoms with E-state index in [0.717, 1.165) is 12.1 Å². The predicted molar refractivity (Wildman–Crippen MR) is 114 cm³/mol. The molecule has 1 N–H and O–H groups in total. The van der Waals surface area contributed by atoms with Crippen LogP contribution in [-0.4, -0.2) is 15.6 Å². The molecule has 0 saturated heterocycles. The summed E-state index contributed by atoms with van der Waals surface area (Å²) in [7, 11) is 0. The van der Waals surface area contributed by atoms with Gasteiger partial charge < -0.3 is 9.67 Å². The van der Waals surface area contributed by atoms with Crippen molar-refractivity contribution in [1.82, 2.24) is 4.57 Å². The number of rotatable bonds is 4. The number of hydrogen-bond donors (Lipinski definition) is 1. The molecule has 0 amide bonds. The fourth-order valence-electron chi connectivity index (χ4n) is 3.41. The van der Waals surface area contributed by atoms with E-state index in [9.17, 15) is 19.1 Å². The van der Waals surface area contributed by atoms with Gasteiger partial charge in [-0.1, -0.05) is 40.9 Å². The molecule has 0 atom stereocenters. The Bertz CT molecular complexity index is 1180. The van der Waals surface area contributed by atoms with Crippen LogP contribution in [0.15, 0.2) is 41.2 Å². The minimum Gasteiger partial charge on any atom is -0.477 e. The van der Waals surface area contributed by atoms with Gasteiger partial charge in [0.1, 0.15) is 11.4 Å². The average molecular weight is 455 g/mol. The number of benzene rings is 2. The van der Waals surface area contributed by atoms with Gasteiger partial charge in [-0.05, 0) is 49.7 Å². The monoisotopic (exact) mass is 453 g/mol. The Kier molecular flexibility index (Phi) is 6.03. The predicted octanol–water partition coefficient (Wildman–Crippen LogP) is 6.31. The molecule has 0 saturated carbocycles. The number of nitrogens with zero attached hydrogens (tertiary/aromatic N) is 1. The van der Waals surface area contributed by atoms with Crippen molar-refractivity contribution in [1.29, 1.82) is 0 Å². The molecule has 0 radical (unpaired) electrons. The van der Waals surface area contributed by atoms with Gasteiger partial charge in [0.25, 0.3) is 0 Å². The Morgan fingerprint density at radius 2 is 1.76 bits per heavy atom. The summed E-state index contributed by atoms with van der Waals surface area (Å²) >= 11 is 18.0. The summed E-state index contributed by atoms with van der Waals surface area (Å²) in [5, 5.41) is 10.5. The lowest BCUT2D eigenvalue weighted by Gasteiger charge is -2.21. The van der Waals surface area contributed by atoms with E-state index in [1.165, 1.54) is 18.2 Å². The first-order valence-electron chi connectivity index (χ1n) is 8.58. The van der Waals surface area contributed by atoms with Crippen LogP contribution in [0.1, 0.15) is 23.0 Å². The fourth-order valence-corrected chi connectivity index (χ4v) is 3.93. The number of carboxylic acid groups (broad SMARTS) is 1. The molecule has 0 spiro atoms. The molecule has 1 aromatic heterocycles. The van der Waals surface area contributed by atoms with Gasteiger partial charge in [-0.15, -0.1) is 0 Å². The van der Waals surface area contributed by atoms with Crippen LogP contribution >= 0.6 is 34.8 Å².